The molecule has 0 amide bonds. The van der Waals surface area contributed by atoms with E-state index in [9.17, 15) is 0 Å². The maximum Gasteiger partial charge on any atom is 0.145 e. The molecule has 0 bridgehead atoms. The van der Waals surface area contributed by atoms with Crippen LogP contribution in [0, 0.1) is 0 Å². The van der Waals surface area contributed by atoms with Crippen molar-refractivity contribution in [3.63, 3.8) is 0 Å². The first-order valence-corrected chi connectivity index (χ1v) is 7.40. The summed E-state index contributed by atoms with van der Waals surface area (Å²) in [5.41, 5.74) is 8.99. The monoisotopic (exact) mass is 284 g/mol. The number of hydrogen-bond donors (Lipinski definition) is 1. The maximum absolute atomic E-state index is 6.03. The first kappa shape index (κ1) is 15.5. The molecular formula is C18H24N2O. The van der Waals surface area contributed by atoms with Gasteiger partial charge in [0.15, 0.2) is 0 Å². The Balaban J connectivity index is 2.34. The molecule has 0 unspecified atom stereocenters. The minimum Gasteiger partial charge on any atom is -0.455 e. The molecule has 1 aromatic carbocycles. The Bertz CT molecular complexity index is 598. The summed E-state index contributed by atoms with van der Waals surface area (Å²) in [6.07, 6.45) is 2.75. The predicted octanol–water partition coefficient (Wildman–Crippen LogP) is 4.19. The average molecular weight is 284 g/mol. The Morgan fingerprint density at radius 1 is 1.14 bits per heavy atom. The van der Waals surface area contributed by atoms with Gasteiger partial charge in [-0.15, -0.1) is 0 Å². The van der Waals surface area contributed by atoms with Crippen LogP contribution in [0.3, 0.4) is 0 Å². The quantitative estimate of drug-likeness (QED) is 0.915. The van der Waals surface area contributed by atoms with E-state index in [1.807, 2.05) is 12.1 Å². The van der Waals surface area contributed by atoms with Crippen molar-refractivity contribution >= 4 is 0 Å². The van der Waals surface area contributed by atoms with Gasteiger partial charge in [0, 0.05) is 12.1 Å². The maximum atomic E-state index is 6.03. The third-order valence-corrected chi connectivity index (χ3v) is 3.49. The second-order valence-corrected chi connectivity index (χ2v) is 6.23. The van der Waals surface area contributed by atoms with Crippen LogP contribution in [-0.4, -0.2) is 4.98 Å². The van der Waals surface area contributed by atoms with Crippen molar-refractivity contribution in [2.24, 2.45) is 5.73 Å². The molecule has 0 atom stereocenters. The van der Waals surface area contributed by atoms with Crippen LogP contribution < -0.4 is 10.5 Å². The second-order valence-electron chi connectivity index (χ2n) is 6.23. The third kappa shape index (κ3) is 3.82. The summed E-state index contributed by atoms with van der Waals surface area (Å²) in [5.74, 6) is 1.63. The molecule has 2 rings (SSSR count). The van der Waals surface area contributed by atoms with Crippen molar-refractivity contribution in [2.45, 2.75) is 46.1 Å². The summed E-state index contributed by atoms with van der Waals surface area (Å²) in [6, 6.07) is 10.2. The van der Waals surface area contributed by atoms with E-state index in [1.165, 1.54) is 11.1 Å². The zero-order chi connectivity index (χ0) is 15.5. The lowest BCUT2D eigenvalue weighted by Gasteiger charge is -2.23. The van der Waals surface area contributed by atoms with Crippen LogP contribution in [0.5, 0.6) is 11.5 Å². The van der Waals surface area contributed by atoms with Crippen LogP contribution in [0.1, 0.15) is 44.5 Å². The highest BCUT2D eigenvalue weighted by molar-refractivity contribution is 5.44. The van der Waals surface area contributed by atoms with E-state index < -0.39 is 0 Å². The number of ether oxygens (including phenoxy) is 1. The van der Waals surface area contributed by atoms with Gasteiger partial charge in [-0.3, -0.25) is 4.98 Å². The van der Waals surface area contributed by atoms with Crippen LogP contribution >= 0.6 is 0 Å². The van der Waals surface area contributed by atoms with Crippen molar-refractivity contribution < 1.29 is 4.74 Å². The van der Waals surface area contributed by atoms with Gasteiger partial charge in [0.25, 0.3) is 0 Å². The van der Waals surface area contributed by atoms with Gasteiger partial charge in [-0.05, 0) is 35.6 Å². The Hall–Kier alpha value is -1.87. The molecule has 2 N–H and O–H groups in total. The fourth-order valence-corrected chi connectivity index (χ4v) is 2.19. The molecule has 0 saturated carbocycles. The molecule has 1 heterocycles. The molecule has 3 heteroatoms. The third-order valence-electron chi connectivity index (χ3n) is 3.49. The SMILES string of the molecule is CCc1ccc(Oc2ccc(CN)nc2)c(C(C)(C)C)c1. The standard InChI is InChI=1S/C18H24N2O/c1-5-13-6-9-17(16(10-13)18(2,3)4)21-15-8-7-14(11-19)20-12-15/h6-10,12H,5,11,19H2,1-4H3. The predicted molar refractivity (Wildman–Crippen MR) is 86.7 cm³/mol. The number of aromatic nitrogens is 1. The van der Waals surface area contributed by atoms with Gasteiger partial charge in [-0.1, -0.05) is 39.8 Å². The molecule has 0 radical (unpaired) electrons. The van der Waals surface area contributed by atoms with Crippen LogP contribution in [0.4, 0.5) is 0 Å². The zero-order valence-electron chi connectivity index (χ0n) is 13.3. The molecule has 0 saturated heterocycles. The summed E-state index contributed by atoms with van der Waals surface area (Å²) >= 11 is 0. The van der Waals surface area contributed by atoms with Crippen LogP contribution in [-0.2, 0) is 18.4 Å². The lowest BCUT2D eigenvalue weighted by atomic mass is 9.85. The molecule has 0 spiro atoms. The Morgan fingerprint density at radius 3 is 2.43 bits per heavy atom. The fraction of sp³-hybridized carbons (Fsp3) is 0.389. The van der Waals surface area contributed by atoms with E-state index in [4.69, 9.17) is 10.5 Å². The van der Waals surface area contributed by atoms with Gasteiger partial charge in [0.05, 0.1) is 11.9 Å². The highest BCUT2D eigenvalue weighted by atomic mass is 16.5. The molecule has 21 heavy (non-hydrogen) atoms. The Morgan fingerprint density at radius 2 is 1.90 bits per heavy atom. The van der Waals surface area contributed by atoms with Gasteiger partial charge in [-0.2, -0.15) is 0 Å². The average Bonchev–Trinajstić information content (AvgIpc) is 2.47. The van der Waals surface area contributed by atoms with E-state index in [-0.39, 0.29) is 5.41 Å². The van der Waals surface area contributed by atoms with Gasteiger partial charge >= 0.3 is 0 Å². The van der Waals surface area contributed by atoms with Gasteiger partial charge in [0.2, 0.25) is 0 Å². The van der Waals surface area contributed by atoms with Gasteiger partial charge in [0.1, 0.15) is 11.5 Å². The van der Waals surface area contributed by atoms with E-state index in [2.05, 4.69) is 50.9 Å². The smallest absolute Gasteiger partial charge is 0.145 e. The molecule has 0 aliphatic carbocycles. The number of hydrogen-bond acceptors (Lipinski definition) is 3. The number of nitrogens with zero attached hydrogens (tertiary/aromatic N) is 1. The summed E-state index contributed by atoms with van der Waals surface area (Å²) in [6.45, 7) is 9.20. The molecule has 2 aromatic rings. The van der Waals surface area contributed by atoms with Crippen LogP contribution in [0.25, 0.3) is 0 Å². The lowest BCUT2D eigenvalue weighted by Crippen LogP contribution is -2.13. The second kappa shape index (κ2) is 6.27. The molecule has 112 valence electrons. The van der Waals surface area contributed by atoms with Crippen molar-refractivity contribution in [1.82, 2.24) is 4.98 Å². The summed E-state index contributed by atoms with van der Waals surface area (Å²) in [5, 5.41) is 0. The summed E-state index contributed by atoms with van der Waals surface area (Å²) in [7, 11) is 0. The van der Waals surface area contributed by atoms with Crippen molar-refractivity contribution in [1.29, 1.82) is 0 Å². The number of nitrogens with two attached hydrogens (primary N) is 1. The first-order valence-electron chi connectivity index (χ1n) is 7.40. The molecular weight excluding hydrogens is 260 g/mol. The Kier molecular flexibility index (Phi) is 4.63. The largest absolute Gasteiger partial charge is 0.455 e. The normalized spacial score (nSPS) is 11.5. The van der Waals surface area contributed by atoms with E-state index in [1.54, 1.807) is 6.20 Å². The molecule has 0 fully saturated rings. The molecule has 3 nitrogen and oxygen atoms in total. The number of rotatable bonds is 4. The van der Waals surface area contributed by atoms with Crippen LogP contribution in [0.2, 0.25) is 0 Å². The van der Waals surface area contributed by atoms with Gasteiger partial charge < -0.3 is 10.5 Å². The highest BCUT2D eigenvalue weighted by Gasteiger charge is 2.20. The fourth-order valence-electron chi connectivity index (χ4n) is 2.19. The number of benzene rings is 1. The van der Waals surface area contributed by atoms with E-state index >= 15 is 0 Å². The zero-order valence-corrected chi connectivity index (χ0v) is 13.3. The highest BCUT2D eigenvalue weighted by Crippen LogP contribution is 2.34. The van der Waals surface area contributed by atoms with Crippen molar-refractivity contribution in [2.75, 3.05) is 0 Å². The van der Waals surface area contributed by atoms with E-state index in [0.29, 0.717) is 6.54 Å². The number of pyridine rings is 1. The minimum atomic E-state index is 0.0329. The topological polar surface area (TPSA) is 48.1 Å². The summed E-state index contributed by atoms with van der Waals surface area (Å²) < 4.78 is 6.03. The Labute approximate surface area is 127 Å². The molecule has 1 aromatic heterocycles. The van der Waals surface area contributed by atoms with Crippen LogP contribution in [0.15, 0.2) is 36.5 Å². The van der Waals surface area contributed by atoms with Gasteiger partial charge in [-0.25, -0.2) is 0 Å². The van der Waals surface area contributed by atoms with Crippen molar-refractivity contribution in [3.05, 3.63) is 53.3 Å². The minimum absolute atomic E-state index is 0.0329. The first-order chi connectivity index (χ1) is 9.94. The van der Waals surface area contributed by atoms with E-state index in [0.717, 1.165) is 23.6 Å². The molecule has 0 aliphatic rings. The number of aryl methyl sites for hydroxylation is 1. The molecule has 0 aliphatic heterocycles. The lowest BCUT2D eigenvalue weighted by molar-refractivity contribution is 0.453. The summed E-state index contributed by atoms with van der Waals surface area (Å²) in [4.78, 5) is 4.27. The van der Waals surface area contributed by atoms with Crippen molar-refractivity contribution in [3.8, 4) is 11.5 Å².